The Kier molecular flexibility index (Phi) is 5.91. The molecule has 0 unspecified atom stereocenters. The van der Waals surface area contributed by atoms with Crippen LogP contribution in [-0.2, 0) is 0 Å². The summed E-state index contributed by atoms with van der Waals surface area (Å²) in [6.07, 6.45) is 5.63. The molecule has 5 nitrogen and oxygen atoms in total. The molecule has 0 atom stereocenters. The molecule has 30 heavy (non-hydrogen) atoms. The van der Waals surface area contributed by atoms with E-state index in [2.05, 4.69) is 71.8 Å². The first-order valence-electron chi connectivity index (χ1n) is 11.1. The number of aliphatic imine (C=N–C) groups is 1. The smallest absolute Gasteiger partial charge is 0.153 e. The number of likely N-dealkylation sites (tertiary alicyclic amines) is 1. The van der Waals surface area contributed by atoms with E-state index in [1.807, 2.05) is 12.3 Å². The molecular formula is C25H33N5. The number of hydrogen-bond acceptors (Lipinski definition) is 3. The van der Waals surface area contributed by atoms with E-state index in [9.17, 15) is 0 Å². The minimum absolute atomic E-state index is 0.411. The summed E-state index contributed by atoms with van der Waals surface area (Å²) >= 11 is 0. The average Bonchev–Trinajstić information content (AvgIpc) is 3.13. The standard InChI is InChI=1S/C25H33N5/c1-16(2)24-21-13-19(18-9-11-30(12-10-18)17(3)4)5-7-22(21)29-25(24)20-6-8-23(27-14-20)28-15-26/h5-8,13-18,29H,9-12H2,1-4H3,(H2,26,27,28). The summed E-state index contributed by atoms with van der Waals surface area (Å²) in [6.45, 7) is 11.5. The van der Waals surface area contributed by atoms with Crippen LogP contribution in [0.25, 0.3) is 22.2 Å². The van der Waals surface area contributed by atoms with Crippen LogP contribution in [0.15, 0.2) is 41.5 Å². The van der Waals surface area contributed by atoms with Gasteiger partial charge in [-0.25, -0.2) is 9.98 Å². The van der Waals surface area contributed by atoms with Crippen molar-refractivity contribution in [3.8, 4) is 11.3 Å². The van der Waals surface area contributed by atoms with Gasteiger partial charge in [0, 0.05) is 28.7 Å². The highest BCUT2D eigenvalue weighted by Gasteiger charge is 2.23. The van der Waals surface area contributed by atoms with Crippen molar-refractivity contribution in [3.05, 3.63) is 47.7 Å². The minimum atomic E-state index is 0.411. The predicted octanol–water partition coefficient (Wildman–Crippen LogP) is 5.56. The van der Waals surface area contributed by atoms with Gasteiger partial charge in [-0.3, -0.25) is 0 Å². The molecule has 0 amide bonds. The Bertz CT molecular complexity index is 1020. The molecule has 1 aliphatic heterocycles. The lowest BCUT2D eigenvalue weighted by Gasteiger charge is -2.34. The van der Waals surface area contributed by atoms with Gasteiger partial charge in [-0.15, -0.1) is 0 Å². The van der Waals surface area contributed by atoms with Crippen LogP contribution >= 0.6 is 0 Å². The number of piperidine rings is 1. The van der Waals surface area contributed by atoms with E-state index < -0.39 is 0 Å². The SMILES string of the molecule is CC(C)c1c(-c2ccc(N=CN)nc2)[nH]c2ccc(C3CCN(C(C)C)CC3)cc12. The molecule has 0 bridgehead atoms. The van der Waals surface area contributed by atoms with E-state index in [4.69, 9.17) is 5.73 Å². The number of benzene rings is 1. The lowest BCUT2D eigenvalue weighted by atomic mass is 9.87. The highest BCUT2D eigenvalue weighted by molar-refractivity contribution is 5.92. The number of aromatic amines is 1. The maximum atomic E-state index is 5.38. The van der Waals surface area contributed by atoms with E-state index in [-0.39, 0.29) is 0 Å². The molecule has 3 N–H and O–H groups in total. The Labute approximate surface area is 179 Å². The molecule has 158 valence electrons. The Balaban J connectivity index is 1.69. The second kappa shape index (κ2) is 8.60. The van der Waals surface area contributed by atoms with Crippen molar-refractivity contribution in [1.29, 1.82) is 0 Å². The quantitative estimate of drug-likeness (QED) is 0.433. The van der Waals surface area contributed by atoms with Gasteiger partial charge in [0.05, 0.1) is 12.0 Å². The molecular weight excluding hydrogens is 370 g/mol. The highest BCUT2D eigenvalue weighted by atomic mass is 15.1. The fraction of sp³-hybridized carbons (Fsp3) is 0.440. The lowest BCUT2D eigenvalue weighted by Crippen LogP contribution is -2.37. The molecule has 1 aliphatic rings. The zero-order chi connectivity index (χ0) is 21.3. The first-order chi connectivity index (χ1) is 14.5. The third-order valence-electron chi connectivity index (χ3n) is 6.41. The van der Waals surface area contributed by atoms with E-state index in [0.717, 1.165) is 11.3 Å². The van der Waals surface area contributed by atoms with Gasteiger partial charge in [0.1, 0.15) is 0 Å². The van der Waals surface area contributed by atoms with Crippen molar-refractivity contribution >= 4 is 23.1 Å². The first kappa shape index (κ1) is 20.6. The van der Waals surface area contributed by atoms with Gasteiger partial charge in [-0.2, -0.15) is 0 Å². The molecule has 0 saturated carbocycles. The number of fused-ring (bicyclic) bond motifs is 1. The van der Waals surface area contributed by atoms with Crippen molar-refractivity contribution in [3.63, 3.8) is 0 Å². The number of hydrogen-bond donors (Lipinski definition) is 2. The van der Waals surface area contributed by atoms with Crippen molar-refractivity contribution in [1.82, 2.24) is 14.9 Å². The van der Waals surface area contributed by atoms with Crippen LogP contribution in [0.5, 0.6) is 0 Å². The van der Waals surface area contributed by atoms with Gasteiger partial charge < -0.3 is 15.6 Å². The van der Waals surface area contributed by atoms with E-state index in [0.29, 0.717) is 23.7 Å². The number of nitrogens with two attached hydrogens (primary N) is 1. The summed E-state index contributed by atoms with van der Waals surface area (Å²) in [5.41, 5.74) is 11.7. The van der Waals surface area contributed by atoms with Crippen LogP contribution in [0, 0.1) is 0 Å². The molecule has 1 saturated heterocycles. The van der Waals surface area contributed by atoms with Gasteiger partial charge in [0.2, 0.25) is 0 Å². The Morgan fingerprint density at radius 1 is 1.13 bits per heavy atom. The second-order valence-electron chi connectivity index (χ2n) is 8.96. The van der Waals surface area contributed by atoms with Crippen molar-refractivity contribution in [2.75, 3.05) is 13.1 Å². The average molecular weight is 404 g/mol. The number of aromatic nitrogens is 2. The minimum Gasteiger partial charge on any atom is -0.390 e. The van der Waals surface area contributed by atoms with E-state index >= 15 is 0 Å². The largest absolute Gasteiger partial charge is 0.390 e. The summed E-state index contributed by atoms with van der Waals surface area (Å²) in [5.74, 6) is 1.69. The zero-order valence-corrected chi connectivity index (χ0v) is 18.5. The number of rotatable bonds is 5. The molecule has 1 aromatic carbocycles. The molecule has 1 fully saturated rings. The van der Waals surface area contributed by atoms with Crippen molar-refractivity contribution in [2.24, 2.45) is 10.7 Å². The summed E-state index contributed by atoms with van der Waals surface area (Å²) < 4.78 is 0. The van der Waals surface area contributed by atoms with Gasteiger partial charge in [0.15, 0.2) is 5.82 Å². The Morgan fingerprint density at radius 3 is 2.50 bits per heavy atom. The van der Waals surface area contributed by atoms with Crippen molar-refractivity contribution in [2.45, 2.75) is 58.4 Å². The number of pyridine rings is 1. The number of nitrogens with zero attached hydrogens (tertiary/aromatic N) is 3. The Hall–Kier alpha value is -2.66. The normalized spacial score (nSPS) is 16.5. The number of H-pyrrole nitrogens is 1. The lowest BCUT2D eigenvalue weighted by molar-refractivity contribution is 0.172. The maximum Gasteiger partial charge on any atom is 0.153 e. The fourth-order valence-corrected chi connectivity index (χ4v) is 4.75. The molecule has 2 aromatic heterocycles. The van der Waals surface area contributed by atoms with Crippen LogP contribution < -0.4 is 5.73 Å². The van der Waals surface area contributed by atoms with Crippen LogP contribution in [0.4, 0.5) is 5.82 Å². The first-order valence-corrected chi connectivity index (χ1v) is 11.1. The molecule has 3 heterocycles. The van der Waals surface area contributed by atoms with Crippen LogP contribution in [-0.4, -0.2) is 40.3 Å². The van der Waals surface area contributed by atoms with Crippen molar-refractivity contribution < 1.29 is 0 Å². The van der Waals surface area contributed by atoms with Gasteiger partial charge >= 0.3 is 0 Å². The van der Waals surface area contributed by atoms with Crippen LogP contribution in [0.3, 0.4) is 0 Å². The summed E-state index contributed by atoms with van der Waals surface area (Å²) in [4.78, 5) is 14.7. The molecule has 0 spiro atoms. The molecule has 5 heteroatoms. The van der Waals surface area contributed by atoms with Gasteiger partial charge in [0.25, 0.3) is 0 Å². The summed E-state index contributed by atoms with van der Waals surface area (Å²) in [6, 6.07) is 11.6. The van der Waals surface area contributed by atoms with Crippen LogP contribution in [0.1, 0.15) is 63.5 Å². The van der Waals surface area contributed by atoms with E-state index in [1.165, 1.54) is 54.3 Å². The third-order valence-corrected chi connectivity index (χ3v) is 6.41. The maximum absolute atomic E-state index is 5.38. The Morgan fingerprint density at radius 2 is 1.90 bits per heavy atom. The predicted molar refractivity (Wildman–Crippen MR) is 127 cm³/mol. The fourth-order valence-electron chi connectivity index (χ4n) is 4.75. The van der Waals surface area contributed by atoms with Gasteiger partial charge in [-0.1, -0.05) is 19.9 Å². The van der Waals surface area contributed by atoms with Gasteiger partial charge in [-0.05, 0) is 87.0 Å². The summed E-state index contributed by atoms with van der Waals surface area (Å²) in [5, 5.41) is 1.34. The van der Waals surface area contributed by atoms with Crippen LogP contribution in [0.2, 0.25) is 0 Å². The highest BCUT2D eigenvalue weighted by Crippen LogP contribution is 2.38. The third kappa shape index (κ3) is 3.99. The molecule has 3 aromatic rings. The zero-order valence-electron chi connectivity index (χ0n) is 18.5. The topological polar surface area (TPSA) is 70.3 Å². The monoisotopic (exact) mass is 403 g/mol. The number of nitrogens with one attached hydrogen (secondary N) is 1. The summed E-state index contributed by atoms with van der Waals surface area (Å²) in [7, 11) is 0. The second-order valence-corrected chi connectivity index (χ2v) is 8.96. The van der Waals surface area contributed by atoms with E-state index in [1.54, 1.807) is 0 Å². The molecule has 4 rings (SSSR count). The molecule has 0 radical (unpaired) electrons. The molecule has 0 aliphatic carbocycles.